The van der Waals surface area contributed by atoms with Crippen LogP contribution in [0.3, 0.4) is 0 Å². The van der Waals surface area contributed by atoms with Gasteiger partial charge in [-0.1, -0.05) is 31.0 Å². The summed E-state index contributed by atoms with van der Waals surface area (Å²) in [5.74, 6) is -0.279. The Hall–Kier alpha value is -2.48. The van der Waals surface area contributed by atoms with Crippen molar-refractivity contribution in [2.75, 3.05) is 32.7 Å². The Balaban J connectivity index is 1.20. The zero-order valence-corrected chi connectivity index (χ0v) is 17.2. The number of carbonyl (C=O) groups excluding carboxylic acids is 3. The molecule has 1 aliphatic carbocycles. The Morgan fingerprint density at radius 3 is 2.47 bits per heavy atom. The van der Waals surface area contributed by atoms with Crippen molar-refractivity contribution in [2.45, 2.75) is 50.6 Å². The summed E-state index contributed by atoms with van der Waals surface area (Å²) >= 11 is 0. The summed E-state index contributed by atoms with van der Waals surface area (Å²) in [6.07, 6.45) is 4.14. The molecule has 0 unspecified atom stereocenters. The molecule has 30 heavy (non-hydrogen) atoms. The van der Waals surface area contributed by atoms with Gasteiger partial charge in [0.05, 0.1) is 0 Å². The lowest BCUT2D eigenvalue weighted by Gasteiger charge is -2.35. The van der Waals surface area contributed by atoms with E-state index in [1.807, 2.05) is 11.0 Å². The van der Waals surface area contributed by atoms with Crippen LogP contribution in [0.2, 0.25) is 0 Å². The third kappa shape index (κ3) is 4.19. The van der Waals surface area contributed by atoms with E-state index in [0.29, 0.717) is 64.0 Å². The fourth-order valence-corrected chi connectivity index (χ4v) is 4.77. The molecular weight excluding hydrogens is 387 g/mol. The van der Waals surface area contributed by atoms with Crippen LogP contribution in [-0.2, 0) is 16.1 Å². The molecule has 2 heterocycles. The summed E-state index contributed by atoms with van der Waals surface area (Å²) in [7, 11) is 0. The van der Waals surface area contributed by atoms with E-state index in [4.69, 9.17) is 0 Å². The van der Waals surface area contributed by atoms with Gasteiger partial charge in [0.2, 0.25) is 5.91 Å². The lowest BCUT2D eigenvalue weighted by Crippen LogP contribution is -2.48. The molecule has 1 saturated carbocycles. The predicted molar refractivity (Wildman–Crippen MR) is 109 cm³/mol. The first kappa shape index (κ1) is 20.8. The fraction of sp³-hybridized carbons (Fsp3) is 0.591. The van der Waals surface area contributed by atoms with E-state index in [2.05, 4.69) is 10.2 Å². The highest BCUT2D eigenvalue weighted by Gasteiger charge is 2.52. The van der Waals surface area contributed by atoms with Crippen LogP contribution in [0.5, 0.6) is 0 Å². The van der Waals surface area contributed by atoms with Crippen molar-refractivity contribution in [3.63, 3.8) is 0 Å². The highest BCUT2D eigenvalue weighted by atomic mass is 19.1. The third-order valence-electron chi connectivity index (χ3n) is 6.55. The van der Waals surface area contributed by atoms with Crippen LogP contribution < -0.4 is 5.32 Å². The molecule has 1 N–H and O–H groups in total. The average molecular weight is 416 g/mol. The van der Waals surface area contributed by atoms with Gasteiger partial charge in [-0.15, -0.1) is 0 Å². The second-order valence-electron chi connectivity index (χ2n) is 8.53. The Morgan fingerprint density at radius 2 is 1.77 bits per heavy atom. The van der Waals surface area contributed by atoms with Gasteiger partial charge in [-0.25, -0.2) is 9.18 Å². The summed E-state index contributed by atoms with van der Waals surface area (Å²) in [5, 5.41) is 2.87. The molecule has 7 nitrogen and oxygen atoms in total. The van der Waals surface area contributed by atoms with E-state index >= 15 is 0 Å². The van der Waals surface area contributed by atoms with Crippen molar-refractivity contribution >= 4 is 17.8 Å². The minimum absolute atomic E-state index is 0.0446. The smallest absolute Gasteiger partial charge is 0.325 e. The average Bonchev–Trinajstić information content (AvgIpc) is 3.30. The maximum Gasteiger partial charge on any atom is 0.325 e. The number of rotatable bonds is 6. The normalized spacial score (nSPS) is 21.5. The summed E-state index contributed by atoms with van der Waals surface area (Å²) in [6.45, 7) is 3.46. The van der Waals surface area contributed by atoms with Crippen LogP contribution in [0.15, 0.2) is 24.3 Å². The van der Waals surface area contributed by atoms with E-state index in [1.165, 1.54) is 11.0 Å². The minimum Gasteiger partial charge on any atom is -0.340 e. The van der Waals surface area contributed by atoms with Crippen molar-refractivity contribution in [1.82, 2.24) is 20.0 Å². The number of carbonyl (C=O) groups is 3. The van der Waals surface area contributed by atoms with Crippen LogP contribution in [0.4, 0.5) is 9.18 Å². The first-order valence-electron chi connectivity index (χ1n) is 10.9. The number of hydrogen-bond donors (Lipinski definition) is 1. The number of benzene rings is 1. The van der Waals surface area contributed by atoms with Crippen LogP contribution in [0, 0.1) is 5.82 Å². The molecule has 162 valence electrons. The van der Waals surface area contributed by atoms with Gasteiger partial charge < -0.3 is 10.2 Å². The molecular formula is C22H29FN4O3. The lowest BCUT2D eigenvalue weighted by atomic mass is 9.98. The Morgan fingerprint density at radius 1 is 1.07 bits per heavy atom. The van der Waals surface area contributed by atoms with Crippen molar-refractivity contribution in [3.05, 3.63) is 35.6 Å². The van der Waals surface area contributed by atoms with Crippen molar-refractivity contribution in [2.24, 2.45) is 0 Å². The molecule has 1 spiro atoms. The quantitative estimate of drug-likeness (QED) is 0.721. The van der Waals surface area contributed by atoms with Gasteiger partial charge in [0.1, 0.15) is 11.4 Å². The molecule has 2 aliphatic heterocycles. The first-order chi connectivity index (χ1) is 14.5. The number of piperazine rings is 1. The van der Waals surface area contributed by atoms with Crippen molar-refractivity contribution < 1.29 is 18.8 Å². The van der Waals surface area contributed by atoms with E-state index in [0.717, 1.165) is 12.8 Å². The Kier molecular flexibility index (Phi) is 6.04. The number of halogens is 1. The molecule has 1 aromatic carbocycles. The second kappa shape index (κ2) is 8.71. The van der Waals surface area contributed by atoms with Crippen LogP contribution in [0.25, 0.3) is 0 Å². The lowest BCUT2D eigenvalue weighted by molar-refractivity contribution is -0.134. The van der Waals surface area contributed by atoms with Gasteiger partial charge in [0, 0.05) is 51.3 Å². The van der Waals surface area contributed by atoms with Gasteiger partial charge in [-0.3, -0.25) is 19.4 Å². The number of imide groups is 1. The fourth-order valence-electron chi connectivity index (χ4n) is 4.77. The largest absolute Gasteiger partial charge is 0.340 e. The molecule has 0 atom stereocenters. The molecule has 0 radical (unpaired) electrons. The molecule has 0 aromatic heterocycles. The zero-order valence-electron chi connectivity index (χ0n) is 17.2. The van der Waals surface area contributed by atoms with E-state index in [9.17, 15) is 18.8 Å². The molecule has 2 saturated heterocycles. The second-order valence-corrected chi connectivity index (χ2v) is 8.53. The maximum atomic E-state index is 13.8. The molecule has 4 rings (SSSR count). The van der Waals surface area contributed by atoms with Gasteiger partial charge in [0.15, 0.2) is 0 Å². The van der Waals surface area contributed by atoms with E-state index in [1.54, 1.807) is 12.1 Å². The van der Waals surface area contributed by atoms with Crippen molar-refractivity contribution in [3.8, 4) is 0 Å². The number of nitrogens with zero attached hydrogens (tertiary/aromatic N) is 3. The highest BCUT2D eigenvalue weighted by Crippen LogP contribution is 2.35. The molecule has 0 bridgehead atoms. The van der Waals surface area contributed by atoms with Gasteiger partial charge in [-0.05, 0) is 25.3 Å². The van der Waals surface area contributed by atoms with Gasteiger partial charge >= 0.3 is 6.03 Å². The minimum atomic E-state index is -0.685. The van der Waals surface area contributed by atoms with Crippen LogP contribution in [-0.4, -0.2) is 70.8 Å². The van der Waals surface area contributed by atoms with Crippen LogP contribution in [0.1, 0.15) is 44.1 Å². The topological polar surface area (TPSA) is 73.0 Å². The highest BCUT2D eigenvalue weighted by molar-refractivity contribution is 6.07. The monoisotopic (exact) mass is 416 g/mol. The third-order valence-corrected chi connectivity index (χ3v) is 6.55. The molecule has 3 fully saturated rings. The Bertz CT molecular complexity index is 816. The van der Waals surface area contributed by atoms with Gasteiger partial charge in [-0.2, -0.15) is 0 Å². The molecule has 4 amide bonds. The standard InChI is InChI=1S/C22H29FN4O3/c23-18-7-2-1-6-17(18)16-25-12-14-26(15-13-25)19(28)8-5-11-27-20(29)22(24-21(27)30)9-3-4-10-22/h1-2,6-7H,3-5,8-16H2,(H,24,30). The van der Waals surface area contributed by atoms with E-state index in [-0.39, 0.29) is 30.2 Å². The number of nitrogens with one attached hydrogen (secondary N) is 1. The first-order valence-corrected chi connectivity index (χ1v) is 10.9. The molecule has 8 heteroatoms. The van der Waals surface area contributed by atoms with Gasteiger partial charge in [0.25, 0.3) is 5.91 Å². The Labute approximate surface area is 176 Å². The number of urea groups is 1. The predicted octanol–water partition coefficient (Wildman–Crippen LogP) is 2.11. The maximum absolute atomic E-state index is 13.8. The summed E-state index contributed by atoms with van der Waals surface area (Å²) < 4.78 is 13.8. The van der Waals surface area contributed by atoms with E-state index < -0.39 is 5.54 Å². The van der Waals surface area contributed by atoms with Crippen LogP contribution >= 0.6 is 0 Å². The number of hydrogen-bond acceptors (Lipinski definition) is 4. The number of amides is 4. The molecule has 1 aromatic rings. The van der Waals surface area contributed by atoms with Crippen molar-refractivity contribution in [1.29, 1.82) is 0 Å². The SMILES string of the molecule is O=C(CCCN1C(=O)NC2(CCCC2)C1=O)N1CCN(Cc2ccccc2F)CC1. The summed E-state index contributed by atoms with van der Waals surface area (Å²) in [4.78, 5) is 42.6. The molecule has 3 aliphatic rings. The summed E-state index contributed by atoms with van der Waals surface area (Å²) in [5.41, 5.74) is -0.0128. The zero-order chi connectivity index (χ0) is 21.1. The summed E-state index contributed by atoms with van der Waals surface area (Å²) in [6, 6.07) is 6.45.